The van der Waals surface area contributed by atoms with E-state index in [4.69, 9.17) is 9.97 Å². The summed E-state index contributed by atoms with van der Waals surface area (Å²) in [5.74, 6) is 2.48. The van der Waals surface area contributed by atoms with Gasteiger partial charge in [0.1, 0.15) is 11.6 Å². The molecular weight excluding hydrogens is 376 g/mol. The molecule has 0 saturated carbocycles. The summed E-state index contributed by atoms with van der Waals surface area (Å²) in [6, 6.07) is 0.192. The van der Waals surface area contributed by atoms with E-state index in [-0.39, 0.29) is 11.9 Å². The highest BCUT2D eigenvalue weighted by molar-refractivity contribution is 5.95. The van der Waals surface area contributed by atoms with Crippen LogP contribution in [0, 0.1) is 19.8 Å². The highest BCUT2D eigenvalue weighted by Gasteiger charge is 2.33. The van der Waals surface area contributed by atoms with Crippen molar-refractivity contribution in [2.75, 3.05) is 18.0 Å². The summed E-state index contributed by atoms with van der Waals surface area (Å²) in [6.07, 6.45) is 6.60. The van der Waals surface area contributed by atoms with Crippen LogP contribution in [0.2, 0.25) is 0 Å². The molecular formula is C23H34N6O. The van der Waals surface area contributed by atoms with Crippen LogP contribution in [0.15, 0.2) is 6.20 Å². The van der Waals surface area contributed by atoms with Crippen LogP contribution in [0.3, 0.4) is 0 Å². The molecule has 0 aliphatic carbocycles. The molecule has 0 N–H and O–H groups in total. The fourth-order valence-corrected chi connectivity index (χ4v) is 4.70. The van der Waals surface area contributed by atoms with Gasteiger partial charge in [0.05, 0.1) is 11.7 Å². The number of nitrogens with zero attached hydrogens (tertiary/aromatic N) is 6. The summed E-state index contributed by atoms with van der Waals surface area (Å²) in [6.45, 7) is 11.2. The summed E-state index contributed by atoms with van der Waals surface area (Å²) in [7, 11) is 1.97. The summed E-state index contributed by atoms with van der Waals surface area (Å²) in [4.78, 5) is 27.0. The van der Waals surface area contributed by atoms with Gasteiger partial charge in [-0.3, -0.25) is 19.3 Å². The van der Waals surface area contributed by atoms with E-state index in [0.717, 1.165) is 73.9 Å². The first-order valence-corrected chi connectivity index (χ1v) is 11.2. The number of carbonyl (C=O) groups excluding carboxylic acids is 1. The average molecular weight is 411 g/mol. The lowest BCUT2D eigenvalue weighted by Gasteiger charge is -2.31. The van der Waals surface area contributed by atoms with Gasteiger partial charge >= 0.3 is 0 Å². The van der Waals surface area contributed by atoms with Crippen LogP contribution in [-0.4, -0.2) is 43.6 Å². The quantitative estimate of drug-likeness (QED) is 0.729. The molecule has 4 heterocycles. The van der Waals surface area contributed by atoms with Gasteiger partial charge in [0, 0.05) is 49.6 Å². The third kappa shape index (κ3) is 4.13. The molecule has 2 aromatic rings. The molecule has 4 rings (SSSR count). The molecule has 1 atom stereocenters. The van der Waals surface area contributed by atoms with Crippen LogP contribution in [0.4, 0.5) is 5.82 Å². The Hall–Kier alpha value is -2.28. The largest absolute Gasteiger partial charge is 0.296 e. The van der Waals surface area contributed by atoms with Crippen molar-refractivity contribution in [1.82, 2.24) is 24.6 Å². The zero-order valence-electron chi connectivity index (χ0n) is 19.0. The van der Waals surface area contributed by atoms with Crippen LogP contribution in [0.25, 0.3) is 0 Å². The maximum absolute atomic E-state index is 12.7. The van der Waals surface area contributed by atoms with Crippen LogP contribution in [0.1, 0.15) is 73.9 Å². The Balaban J connectivity index is 1.63. The first-order valence-electron chi connectivity index (χ1n) is 11.2. The maximum atomic E-state index is 12.7. The van der Waals surface area contributed by atoms with Crippen molar-refractivity contribution in [3.8, 4) is 0 Å². The molecule has 1 fully saturated rings. The Bertz CT molecular complexity index is 934. The molecule has 7 nitrogen and oxygen atoms in total. The number of likely N-dealkylation sites (tertiary alicyclic amines) is 1. The number of carbonyl (C=O) groups is 1. The Labute approximate surface area is 179 Å². The van der Waals surface area contributed by atoms with Gasteiger partial charge in [-0.15, -0.1) is 0 Å². The number of anilines is 1. The van der Waals surface area contributed by atoms with Crippen molar-refractivity contribution in [3.63, 3.8) is 0 Å². The van der Waals surface area contributed by atoms with Crippen LogP contribution < -0.4 is 4.90 Å². The molecule has 2 aliphatic rings. The van der Waals surface area contributed by atoms with Crippen LogP contribution in [0.5, 0.6) is 0 Å². The molecule has 7 heteroatoms. The van der Waals surface area contributed by atoms with E-state index in [1.54, 1.807) is 0 Å². The monoisotopic (exact) mass is 410 g/mol. The minimum absolute atomic E-state index is 0.192. The number of fused-ring (bicyclic) bond motifs is 1. The second-order valence-corrected chi connectivity index (χ2v) is 9.24. The third-order valence-corrected chi connectivity index (χ3v) is 6.44. The summed E-state index contributed by atoms with van der Waals surface area (Å²) < 4.78 is 1.88. The number of aryl methyl sites for hydroxylation is 3. The van der Waals surface area contributed by atoms with Crippen molar-refractivity contribution in [1.29, 1.82) is 0 Å². The van der Waals surface area contributed by atoms with Crippen molar-refractivity contribution < 1.29 is 4.79 Å². The lowest BCUT2D eigenvalue weighted by atomic mass is 10.0. The van der Waals surface area contributed by atoms with Crippen LogP contribution in [-0.2, 0) is 24.8 Å². The second-order valence-electron chi connectivity index (χ2n) is 9.24. The van der Waals surface area contributed by atoms with Gasteiger partial charge in [0.2, 0.25) is 5.91 Å². The lowest BCUT2D eigenvalue weighted by Crippen LogP contribution is -2.38. The maximum Gasteiger partial charge on any atom is 0.228 e. The number of hydrogen-bond acceptors (Lipinski definition) is 5. The van der Waals surface area contributed by atoms with E-state index in [0.29, 0.717) is 12.3 Å². The van der Waals surface area contributed by atoms with Crippen molar-refractivity contribution in [3.05, 3.63) is 34.5 Å². The molecule has 0 aromatic carbocycles. The number of rotatable bonds is 6. The fourth-order valence-electron chi connectivity index (χ4n) is 4.70. The van der Waals surface area contributed by atoms with E-state index >= 15 is 0 Å². The first-order chi connectivity index (χ1) is 14.3. The summed E-state index contributed by atoms with van der Waals surface area (Å²) >= 11 is 0. The molecule has 1 unspecified atom stereocenters. The third-order valence-electron chi connectivity index (χ3n) is 6.44. The van der Waals surface area contributed by atoms with Gasteiger partial charge in [0.15, 0.2) is 0 Å². The predicted molar refractivity (Wildman–Crippen MR) is 117 cm³/mol. The summed E-state index contributed by atoms with van der Waals surface area (Å²) in [5.41, 5.74) is 4.51. The second kappa shape index (κ2) is 8.46. The van der Waals surface area contributed by atoms with Crippen molar-refractivity contribution in [2.24, 2.45) is 13.0 Å². The van der Waals surface area contributed by atoms with Crippen molar-refractivity contribution in [2.45, 2.75) is 72.4 Å². The number of amides is 1. The zero-order valence-corrected chi connectivity index (χ0v) is 19.0. The Morgan fingerprint density at radius 3 is 2.67 bits per heavy atom. The molecule has 0 bridgehead atoms. The minimum Gasteiger partial charge on any atom is -0.296 e. The van der Waals surface area contributed by atoms with E-state index in [9.17, 15) is 4.79 Å². The fraction of sp³-hybridized carbons (Fsp3) is 0.652. The van der Waals surface area contributed by atoms with E-state index in [1.165, 1.54) is 5.56 Å². The zero-order chi connectivity index (χ0) is 21.4. The lowest BCUT2D eigenvalue weighted by molar-refractivity contribution is -0.119. The van der Waals surface area contributed by atoms with E-state index in [1.807, 2.05) is 16.6 Å². The normalized spacial score (nSPS) is 19.7. The molecule has 1 amide bonds. The minimum atomic E-state index is 0.192. The Morgan fingerprint density at radius 1 is 1.17 bits per heavy atom. The SMILES string of the molecule is Cc1nn(C)cc1CN1CCCC1c1nc(C)c2c(n1)N(CCC(C)C)C(=O)CC2. The molecule has 1 saturated heterocycles. The van der Waals surface area contributed by atoms with Gasteiger partial charge < -0.3 is 0 Å². The van der Waals surface area contributed by atoms with Gasteiger partial charge in [-0.1, -0.05) is 13.8 Å². The highest BCUT2D eigenvalue weighted by atomic mass is 16.2. The van der Waals surface area contributed by atoms with Crippen molar-refractivity contribution >= 4 is 11.7 Å². The van der Waals surface area contributed by atoms with Gasteiger partial charge in [-0.05, 0) is 52.0 Å². The Kier molecular flexibility index (Phi) is 5.91. The first kappa shape index (κ1) is 21.0. The van der Waals surface area contributed by atoms with Crippen LogP contribution >= 0.6 is 0 Å². The molecule has 0 radical (unpaired) electrons. The number of aromatic nitrogens is 4. The molecule has 2 aliphatic heterocycles. The molecule has 30 heavy (non-hydrogen) atoms. The average Bonchev–Trinajstić information content (AvgIpc) is 3.26. The van der Waals surface area contributed by atoms with Gasteiger partial charge in [-0.2, -0.15) is 5.10 Å². The van der Waals surface area contributed by atoms with Gasteiger partial charge in [0.25, 0.3) is 0 Å². The molecule has 162 valence electrons. The molecule has 2 aromatic heterocycles. The van der Waals surface area contributed by atoms with E-state index in [2.05, 4.69) is 43.9 Å². The standard InChI is InChI=1S/C23H34N6O/c1-15(2)10-12-29-21(30)9-8-19-17(4)24-22(25-23(19)29)20-7-6-11-28(20)14-18-13-27(5)26-16(18)3/h13,15,20H,6-12,14H2,1-5H3. The summed E-state index contributed by atoms with van der Waals surface area (Å²) in [5, 5.41) is 4.49. The number of hydrogen-bond donors (Lipinski definition) is 0. The topological polar surface area (TPSA) is 67.2 Å². The van der Waals surface area contributed by atoms with E-state index < -0.39 is 0 Å². The molecule has 0 spiro atoms. The predicted octanol–water partition coefficient (Wildman–Crippen LogP) is 3.49. The Morgan fingerprint density at radius 2 is 1.97 bits per heavy atom. The van der Waals surface area contributed by atoms with Gasteiger partial charge in [-0.25, -0.2) is 9.97 Å². The highest BCUT2D eigenvalue weighted by Crippen LogP contribution is 2.35. The smallest absolute Gasteiger partial charge is 0.228 e.